The van der Waals surface area contributed by atoms with Crippen molar-refractivity contribution < 1.29 is 26.6 Å². The van der Waals surface area contributed by atoms with Crippen LogP contribution in [0.5, 0.6) is 0 Å². The minimum atomic E-state index is -5.39. The molecular weight excluding hydrogens is 313 g/mol. The Morgan fingerprint density at radius 2 is 0.957 bits per heavy atom. The second kappa shape index (κ2) is 15.6. The Balaban J connectivity index is -0.000000276. The second-order valence-electron chi connectivity index (χ2n) is 7.01. The van der Waals surface area contributed by atoms with E-state index in [0.29, 0.717) is 0 Å². The van der Waals surface area contributed by atoms with Crippen molar-refractivity contribution in [1.82, 2.24) is 0 Å². The Hall–Kier alpha value is 0.0700. The van der Waals surface area contributed by atoms with E-state index in [2.05, 4.69) is 27.9 Å². The van der Waals surface area contributed by atoms with Gasteiger partial charge in [0.15, 0.2) is 0 Å². The topological polar surface area (TPSA) is 86.2 Å². The zero-order valence-corrected chi connectivity index (χ0v) is 16.6. The Morgan fingerprint density at radius 3 is 1.35 bits per heavy atom. The molecule has 0 aliphatic heterocycles. The third kappa shape index (κ3) is 30.5. The van der Waals surface area contributed by atoms with Gasteiger partial charge in [-0.05, 0) is 25.7 Å². The molecular formula is C17H40NO4P. The van der Waals surface area contributed by atoms with Crippen LogP contribution in [-0.2, 0) is 4.57 Å². The first-order valence-corrected chi connectivity index (χ1v) is 10.6. The summed E-state index contributed by atoms with van der Waals surface area (Å²) in [4.78, 5) is 25.6. The van der Waals surface area contributed by atoms with E-state index in [0.717, 1.165) is 0 Å². The SMILES string of the molecule is CCCCCCCCCC[N+](C)(C)CCCCC.O=P([O-])([O-])[O-].[H+].[H+]. The van der Waals surface area contributed by atoms with Gasteiger partial charge in [-0.15, -0.1) is 0 Å². The highest BCUT2D eigenvalue weighted by molar-refractivity contribution is 7.40. The van der Waals surface area contributed by atoms with Crippen LogP contribution in [0.2, 0.25) is 0 Å². The first-order chi connectivity index (χ1) is 10.6. The van der Waals surface area contributed by atoms with E-state index in [1.807, 2.05) is 0 Å². The summed E-state index contributed by atoms with van der Waals surface area (Å²) in [6.45, 7) is 7.32. The van der Waals surface area contributed by atoms with Gasteiger partial charge < -0.3 is 23.7 Å². The van der Waals surface area contributed by atoms with Crippen LogP contribution in [0.15, 0.2) is 0 Å². The first kappa shape index (κ1) is 25.3. The van der Waals surface area contributed by atoms with E-state index in [9.17, 15) is 0 Å². The summed E-state index contributed by atoms with van der Waals surface area (Å²) < 4.78 is 9.78. The Kier molecular flexibility index (Phi) is 17.2. The molecule has 142 valence electrons. The summed E-state index contributed by atoms with van der Waals surface area (Å²) in [6, 6.07) is 0. The maximum atomic E-state index is 8.55. The zero-order chi connectivity index (χ0) is 18.2. The highest BCUT2D eigenvalue weighted by Gasteiger charge is 2.13. The lowest BCUT2D eigenvalue weighted by atomic mass is 10.1. The molecule has 0 spiro atoms. The van der Waals surface area contributed by atoms with Crippen LogP contribution >= 0.6 is 7.82 Å². The van der Waals surface area contributed by atoms with Gasteiger partial charge in [0.2, 0.25) is 0 Å². The molecule has 0 saturated heterocycles. The molecule has 0 fully saturated rings. The van der Waals surface area contributed by atoms with Crippen molar-refractivity contribution in [2.45, 2.75) is 84.5 Å². The fourth-order valence-electron chi connectivity index (χ4n) is 2.58. The zero-order valence-electron chi connectivity index (χ0n) is 17.7. The van der Waals surface area contributed by atoms with Crippen molar-refractivity contribution in [1.29, 1.82) is 0 Å². The molecule has 5 nitrogen and oxygen atoms in total. The molecule has 0 amide bonds. The number of phosphoric acid groups is 1. The van der Waals surface area contributed by atoms with Crippen molar-refractivity contribution in [3.05, 3.63) is 0 Å². The van der Waals surface area contributed by atoms with E-state index < -0.39 is 7.82 Å². The summed E-state index contributed by atoms with van der Waals surface area (Å²) >= 11 is 0. The molecule has 0 aromatic carbocycles. The first-order valence-electron chi connectivity index (χ1n) is 9.17. The number of unbranched alkanes of at least 4 members (excludes halogenated alkanes) is 9. The van der Waals surface area contributed by atoms with Crippen LogP contribution in [-0.4, -0.2) is 31.7 Å². The monoisotopic (exact) mass is 353 g/mol. The van der Waals surface area contributed by atoms with Gasteiger partial charge in [-0.1, -0.05) is 58.8 Å². The number of quaternary nitrogens is 1. The van der Waals surface area contributed by atoms with Crippen molar-refractivity contribution in [2.24, 2.45) is 0 Å². The molecule has 0 N–H and O–H groups in total. The fraction of sp³-hybridized carbons (Fsp3) is 1.00. The molecule has 0 unspecified atom stereocenters. The summed E-state index contributed by atoms with van der Waals surface area (Å²) in [6.07, 6.45) is 15.6. The van der Waals surface area contributed by atoms with Crippen molar-refractivity contribution >= 4 is 7.82 Å². The standard InChI is InChI=1S/C17H38N.H3O4P/c1-5-7-9-10-11-12-13-15-17-18(3,4)16-14-8-6-2;1-5(2,3)4/h5-17H2,1-4H3;(H3,1,2,3,4)/q+1;/p-1. The van der Waals surface area contributed by atoms with E-state index in [1.54, 1.807) is 0 Å². The van der Waals surface area contributed by atoms with Crippen LogP contribution in [0.1, 0.15) is 87.3 Å². The van der Waals surface area contributed by atoms with E-state index in [-0.39, 0.29) is 2.85 Å². The second-order valence-corrected chi connectivity index (χ2v) is 7.91. The van der Waals surface area contributed by atoms with E-state index >= 15 is 0 Å². The van der Waals surface area contributed by atoms with Gasteiger partial charge in [-0.25, -0.2) is 0 Å². The van der Waals surface area contributed by atoms with Gasteiger partial charge in [-0.3, -0.25) is 0 Å². The number of hydrogen-bond acceptors (Lipinski definition) is 4. The Bertz CT molecular complexity index is 294. The smallest absolute Gasteiger partial charge is 0.822 e. The minimum absolute atomic E-state index is 0. The highest BCUT2D eigenvalue weighted by atomic mass is 31.2. The Morgan fingerprint density at radius 1 is 0.696 bits per heavy atom. The lowest BCUT2D eigenvalue weighted by Gasteiger charge is -2.36. The number of nitrogens with zero attached hydrogens (tertiary/aromatic N) is 1. The lowest BCUT2D eigenvalue weighted by molar-refractivity contribution is -0.890. The maximum Gasteiger partial charge on any atom is 1.00 e. The van der Waals surface area contributed by atoms with Crippen LogP contribution in [0, 0.1) is 0 Å². The molecule has 6 heteroatoms. The average molecular weight is 353 g/mol. The summed E-state index contributed by atoms with van der Waals surface area (Å²) in [7, 11) is -0.589. The average Bonchev–Trinajstić information content (AvgIpc) is 2.40. The van der Waals surface area contributed by atoms with Crippen LogP contribution in [0.3, 0.4) is 0 Å². The third-order valence-electron chi connectivity index (χ3n) is 3.98. The number of rotatable bonds is 13. The van der Waals surface area contributed by atoms with Crippen molar-refractivity contribution in [3.8, 4) is 0 Å². The Labute approximate surface area is 146 Å². The van der Waals surface area contributed by atoms with Crippen LogP contribution in [0.4, 0.5) is 0 Å². The van der Waals surface area contributed by atoms with Crippen LogP contribution in [0.25, 0.3) is 0 Å². The molecule has 0 bridgehead atoms. The summed E-state index contributed by atoms with van der Waals surface area (Å²) in [5.41, 5.74) is 0. The van der Waals surface area contributed by atoms with Gasteiger partial charge in [0.1, 0.15) is 0 Å². The number of hydrogen-bond donors (Lipinski definition) is 0. The molecule has 0 rings (SSSR count). The molecule has 0 atom stereocenters. The summed E-state index contributed by atoms with van der Waals surface area (Å²) in [5.74, 6) is 0. The van der Waals surface area contributed by atoms with Crippen molar-refractivity contribution in [3.63, 3.8) is 0 Å². The molecule has 0 aliphatic rings. The predicted molar refractivity (Wildman–Crippen MR) is 93.8 cm³/mol. The highest BCUT2D eigenvalue weighted by Crippen LogP contribution is 2.11. The molecule has 0 aromatic heterocycles. The van der Waals surface area contributed by atoms with Gasteiger partial charge >= 0.3 is 2.85 Å². The molecule has 23 heavy (non-hydrogen) atoms. The lowest BCUT2D eigenvalue weighted by Crippen LogP contribution is -2.41. The third-order valence-corrected chi connectivity index (χ3v) is 3.98. The van der Waals surface area contributed by atoms with E-state index in [1.165, 1.54) is 88.2 Å². The van der Waals surface area contributed by atoms with Crippen LogP contribution < -0.4 is 14.7 Å². The fourth-order valence-corrected chi connectivity index (χ4v) is 2.58. The quantitative estimate of drug-likeness (QED) is 0.289. The molecule has 0 aliphatic carbocycles. The molecule has 0 radical (unpaired) electrons. The largest absolute Gasteiger partial charge is 1.00 e. The molecule has 0 heterocycles. The van der Waals surface area contributed by atoms with Gasteiger partial charge in [-0.2, -0.15) is 7.82 Å². The molecule has 0 aromatic rings. The van der Waals surface area contributed by atoms with E-state index in [4.69, 9.17) is 19.2 Å². The maximum absolute atomic E-state index is 8.55. The summed E-state index contributed by atoms with van der Waals surface area (Å²) in [5, 5.41) is 0. The molecule has 0 saturated carbocycles. The van der Waals surface area contributed by atoms with Gasteiger partial charge in [0.25, 0.3) is 0 Å². The normalized spacial score (nSPS) is 12.0. The van der Waals surface area contributed by atoms with Crippen molar-refractivity contribution in [2.75, 3.05) is 27.2 Å². The predicted octanol–water partition coefficient (Wildman–Crippen LogP) is 2.79. The minimum Gasteiger partial charge on any atom is -0.822 e. The van der Waals surface area contributed by atoms with Gasteiger partial charge in [0.05, 0.1) is 27.2 Å². The van der Waals surface area contributed by atoms with Gasteiger partial charge in [0, 0.05) is 0 Å².